The molecule has 15 heavy (non-hydrogen) atoms. The Morgan fingerprint density at radius 3 is 2.47 bits per heavy atom. The van der Waals surface area contributed by atoms with Gasteiger partial charge in [0, 0.05) is 18.2 Å². The minimum absolute atomic E-state index is 0. The second-order valence-electron chi connectivity index (χ2n) is 2.65. The maximum absolute atomic E-state index is 11.2. The Bertz CT molecular complexity index is 217. The summed E-state index contributed by atoms with van der Waals surface area (Å²) in [5.74, 6) is -0.286. The second kappa shape index (κ2) is 11.2. The van der Waals surface area contributed by atoms with Crippen molar-refractivity contribution in [3.63, 3.8) is 0 Å². The fraction of sp³-hybridized carbons (Fsp3) is 0.500. The Kier molecular flexibility index (Phi) is 14.7. The highest BCUT2D eigenvalue weighted by molar-refractivity contribution is 5.89. The van der Waals surface area contributed by atoms with E-state index in [2.05, 4.69) is 16.6 Å². The molecule has 0 amide bonds. The maximum Gasteiger partial charge on any atom is 0.334 e. The van der Waals surface area contributed by atoms with E-state index in [0.29, 0.717) is 12.1 Å². The third-order valence-electron chi connectivity index (χ3n) is 1.77. The van der Waals surface area contributed by atoms with Crippen molar-refractivity contribution in [2.24, 2.45) is 0 Å². The van der Waals surface area contributed by atoms with Gasteiger partial charge in [0.05, 0.1) is 7.11 Å². The largest absolute Gasteiger partial charge is 0.466 e. The van der Waals surface area contributed by atoms with Crippen LogP contribution in [0.4, 0.5) is 0 Å². The van der Waals surface area contributed by atoms with E-state index in [-0.39, 0.29) is 30.6 Å². The van der Waals surface area contributed by atoms with Gasteiger partial charge in [-0.05, 0) is 13.8 Å². The lowest BCUT2D eigenvalue weighted by molar-refractivity contribution is -0.136. The summed E-state index contributed by atoms with van der Waals surface area (Å²) in [4.78, 5) is 11.2. The lowest BCUT2D eigenvalue weighted by Gasteiger charge is -2.14. The number of ether oxygens (including phenoxy) is 1. The van der Waals surface area contributed by atoms with E-state index in [1.165, 1.54) is 7.11 Å². The molecule has 0 aliphatic heterocycles. The summed E-state index contributed by atoms with van der Waals surface area (Å²) in [5, 5.41) is 3.11. The zero-order chi connectivity index (χ0) is 10.3. The molecule has 5 heteroatoms. The van der Waals surface area contributed by atoms with Crippen molar-refractivity contribution in [2.75, 3.05) is 13.7 Å². The molecule has 1 unspecified atom stereocenters. The standard InChI is InChI=1S/C10H17NO2.ClH.H3N/c1-5-7-11-8(3)9(6-2)10(12)13-4;;/h5-6,8,11H,1,7H2,2-4H3;1H;1H3. The first-order chi connectivity index (χ1) is 6.17. The number of rotatable bonds is 5. The van der Waals surface area contributed by atoms with Gasteiger partial charge in [-0.25, -0.2) is 4.79 Å². The third kappa shape index (κ3) is 7.13. The summed E-state index contributed by atoms with van der Waals surface area (Å²) in [7, 11) is 1.38. The van der Waals surface area contributed by atoms with Gasteiger partial charge in [0.1, 0.15) is 0 Å². The van der Waals surface area contributed by atoms with Gasteiger partial charge < -0.3 is 16.2 Å². The summed E-state index contributed by atoms with van der Waals surface area (Å²) >= 11 is 0. The van der Waals surface area contributed by atoms with Crippen molar-refractivity contribution in [2.45, 2.75) is 19.9 Å². The average molecular weight is 237 g/mol. The Morgan fingerprint density at radius 1 is 1.60 bits per heavy atom. The van der Waals surface area contributed by atoms with Crippen molar-refractivity contribution in [3.05, 3.63) is 24.3 Å². The van der Waals surface area contributed by atoms with Crippen LogP contribution in [-0.4, -0.2) is 25.7 Å². The van der Waals surface area contributed by atoms with E-state index in [1.807, 2.05) is 13.8 Å². The molecule has 0 aliphatic rings. The monoisotopic (exact) mass is 236 g/mol. The molecule has 0 rings (SSSR count). The first kappa shape index (κ1) is 19.7. The SMILES string of the molecule is C=CCNC(C)C(=CC)C(=O)OC.Cl.N. The summed E-state index contributed by atoms with van der Waals surface area (Å²) in [6.07, 6.45) is 3.51. The molecule has 0 radical (unpaired) electrons. The summed E-state index contributed by atoms with van der Waals surface area (Å²) in [6, 6.07) is -0.00421. The Balaban J connectivity index is -0.000000720. The number of nitrogens with one attached hydrogen (secondary N) is 1. The quantitative estimate of drug-likeness (QED) is 0.434. The molecule has 0 spiro atoms. The van der Waals surface area contributed by atoms with E-state index < -0.39 is 0 Å². The van der Waals surface area contributed by atoms with Crippen LogP contribution in [0.5, 0.6) is 0 Å². The molecule has 0 saturated carbocycles. The van der Waals surface area contributed by atoms with Crippen LogP contribution in [0, 0.1) is 0 Å². The van der Waals surface area contributed by atoms with Gasteiger partial charge in [-0.3, -0.25) is 0 Å². The Morgan fingerprint density at radius 2 is 2.13 bits per heavy atom. The number of allylic oxidation sites excluding steroid dienone is 1. The number of methoxy groups -OCH3 is 1. The lowest BCUT2D eigenvalue weighted by atomic mass is 10.1. The second-order valence-corrected chi connectivity index (χ2v) is 2.65. The van der Waals surface area contributed by atoms with E-state index in [4.69, 9.17) is 0 Å². The smallest absolute Gasteiger partial charge is 0.334 e. The molecule has 0 heterocycles. The van der Waals surface area contributed by atoms with Crippen molar-refractivity contribution in [1.82, 2.24) is 11.5 Å². The van der Waals surface area contributed by atoms with Crippen LogP contribution >= 0.6 is 12.4 Å². The molecule has 4 nitrogen and oxygen atoms in total. The van der Waals surface area contributed by atoms with Gasteiger partial charge in [-0.1, -0.05) is 12.2 Å². The highest BCUT2D eigenvalue weighted by Crippen LogP contribution is 2.03. The number of carbonyl (C=O) groups excluding carboxylic acids is 1. The fourth-order valence-corrected chi connectivity index (χ4v) is 1.03. The van der Waals surface area contributed by atoms with Crippen LogP contribution in [0.2, 0.25) is 0 Å². The molecular weight excluding hydrogens is 216 g/mol. The van der Waals surface area contributed by atoms with Crippen LogP contribution in [0.1, 0.15) is 13.8 Å². The van der Waals surface area contributed by atoms with Crippen molar-refractivity contribution in [3.8, 4) is 0 Å². The van der Waals surface area contributed by atoms with Crippen LogP contribution in [0.3, 0.4) is 0 Å². The molecule has 0 aromatic heterocycles. The predicted octanol–water partition coefficient (Wildman–Crippen LogP) is 1.85. The van der Waals surface area contributed by atoms with E-state index in [9.17, 15) is 4.79 Å². The lowest BCUT2D eigenvalue weighted by Crippen LogP contribution is -2.31. The number of esters is 1. The van der Waals surface area contributed by atoms with E-state index >= 15 is 0 Å². The first-order valence-corrected chi connectivity index (χ1v) is 4.26. The topological polar surface area (TPSA) is 73.3 Å². The minimum Gasteiger partial charge on any atom is -0.466 e. The molecule has 0 aromatic rings. The summed E-state index contributed by atoms with van der Waals surface area (Å²) in [6.45, 7) is 7.99. The Labute approximate surface area is 97.8 Å². The molecule has 0 fully saturated rings. The average Bonchev–Trinajstić information content (AvgIpc) is 2.15. The van der Waals surface area contributed by atoms with Gasteiger partial charge in [0.15, 0.2) is 0 Å². The van der Waals surface area contributed by atoms with Crippen molar-refractivity contribution >= 4 is 18.4 Å². The first-order valence-electron chi connectivity index (χ1n) is 4.26. The van der Waals surface area contributed by atoms with Gasteiger partial charge in [0.25, 0.3) is 0 Å². The van der Waals surface area contributed by atoms with Crippen LogP contribution in [0.15, 0.2) is 24.3 Å². The van der Waals surface area contributed by atoms with Gasteiger partial charge in [0.2, 0.25) is 0 Å². The normalized spacial score (nSPS) is 11.8. The molecule has 90 valence electrons. The highest BCUT2D eigenvalue weighted by atomic mass is 35.5. The van der Waals surface area contributed by atoms with Gasteiger partial charge >= 0.3 is 5.97 Å². The Hall–Kier alpha value is -0.840. The van der Waals surface area contributed by atoms with E-state index in [0.717, 1.165) is 0 Å². The number of halogens is 1. The number of hydrogen-bond donors (Lipinski definition) is 2. The fourth-order valence-electron chi connectivity index (χ4n) is 1.03. The summed E-state index contributed by atoms with van der Waals surface area (Å²) < 4.78 is 4.63. The molecule has 0 bridgehead atoms. The number of carbonyl (C=O) groups is 1. The molecule has 0 saturated heterocycles. The zero-order valence-corrected chi connectivity index (χ0v) is 10.4. The highest BCUT2D eigenvalue weighted by Gasteiger charge is 2.14. The van der Waals surface area contributed by atoms with Crippen molar-refractivity contribution in [1.29, 1.82) is 0 Å². The van der Waals surface area contributed by atoms with Gasteiger partial charge in [-0.2, -0.15) is 0 Å². The zero-order valence-electron chi connectivity index (χ0n) is 9.58. The minimum atomic E-state index is -0.286. The van der Waals surface area contributed by atoms with Crippen LogP contribution in [-0.2, 0) is 9.53 Å². The third-order valence-corrected chi connectivity index (χ3v) is 1.77. The van der Waals surface area contributed by atoms with Crippen LogP contribution < -0.4 is 11.5 Å². The number of hydrogen-bond acceptors (Lipinski definition) is 4. The molecule has 0 aromatic carbocycles. The van der Waals surface area contributed by atoms with Gasteiger partial charge in [-0.15, -0.1) is 19.0 Å². The molecule has 0 aliphatic carbocycles. The predicted molar refractivity (Wildman–Crippen MR) is 65.7 cm³/mol. The molecule has 4 N–H and O–H groups in total. The molecule has 1 atom stereocenters. The maximum atomic E-state index is 11.2. The van der Waals surface area contributed by atoms with Crippen LogP contribution in [0.25, 0.3) is 0 Å². The summed E-state index contributed by atoms with van der Waals surface area (Å²) in [5.41, 5.74) is 0.643. The molecular formula is C10H21ClN2O2. The van der Waals surface area contributed by atoms with E-state index in [1.54, 1.807) is 12.2 Å². The van der Waals surface area contributed by atoms with Crippen molar-refractivity contribution < 1.29 is 9.53 Å².